The molecule has 9 nitrogen and oxygen atoms in total. The van der Waals surface area contributed by atoms with E-state index >= 15 is 0 Å². The third-order valence-electron chi connectivity index (χ3n) is 5.10. The Kier molecular flexibility index (Phi) is 8.40. The van der Waals surface area contributed by atoms with Crippen molar-refractivity contribution in [1.29, 1.82) is 0 Å². The van der Waals surface area contributed by atoms with E-state index in [0.717, 1.165) is 16.7 Å². The molecule has 3 amide bonds. The van der Waals surface area contributed by atoms with Crippen LogP contribution in [0, 0.1) is 0 Å². The summed E-state index contributed by atoms with van der Waals surface area (Å²) in [6, 6.07) is 18.4. The molecule has 0 aromatic heterocycles. The number of halogens is 1. The molecule has 0 atom stereocenters. The van der Waals surface area contributed by atoms with E-state index < -0.39 is 21.3 Å². The van der Waals surface area contributed by atoms with Crippen LogP contribution < -0.4 is 14.2 Å². The van der Waals surface area contributed by atoms with E-state index in [1.54, 1.807) is 36.4 Å². The number of benzene rings is 3. The van der Waals surface area contributed by atoms with Crippen molar-refractivity contribution in [1.82, 2.24) is 4.90 Å². The highest BCUT2D eigenvalue weighted by atomic mass is 35.5. The molecule has 12 heteroatoms. The Hall–Kier alpha value is -3.80. The average molecular weight is 573 g/mol. The lowest BCUT2D eigenvalue weighted by Crippen LogP contribution is -2.32. The minimum absolute atomic E-state index is 0.0280. The first-order chi connectivity index (χ1) is 18.1. The van der Waals surface area contributed by atoms with Gasteiger partial charge in [-0.15, -0.1) is 0 Å². The Balaban J connectivity index is 1.41. The Morgan fingerprint density at radius 3 is 2.42 bits per heavy atom. The number of imide groups is 1. The van der Waals surface area contributed by atoms with Crippen molar-refractivity contribution in [3.63, 3.8) is 0 Å². The number of nitrogens with one attached hydrogen (secondary N) is 1. The van der Waals surface area contributed by atoms with Crippen molar-refractivity contribution in [2.24, 2.45) is 0 Å². The SMILES string of the molecule is CC(=O)Nc1ccc(S(=O)(=O)Oc2cccc(/C=C3\SC(=O)N(CCOc4ccc(Cl)cc4)C3=O)c2)cc1. The van der Waals surface area contributed by atoms with E-state index in [4.69, 9.17) is 20.5 Å². The van der Waals surface area contributed by atoms with E-state index in [2.05, 4.69) is 5.32 Å². The maximum absolute atomic E-state index is 12.8. The molecule has 0 bridgehead atoms. The number of ether oxygens (including phenoxy) is 1. The topological polar surface area (TPSA) is 119 Å². The molecule has 0 unspecified atom stereocenters. The summed E-state index contributed by atoms with van der Waals surface area (Å²) in [6.07, 6.45) is 1.49. The Morgan fingerprint density at radius 1 is 1.03 bits per heavy atom. The Morgan fingerprint density at radius 2 is 1.74 bits per heavy atom. The first-order valence-corrected chi connectivity index (χ1v) is 13.8. The van der Waals surface area contributed by atoms with Gasteiger partial charge in [-0.3, -0.25) is 19.3 Å². The number of hydrogen-bond donors (Lipinski definition) is 1. The predicted molar refractivity (Wildman–Crippen MR) is 145 cm³/mol. The fraction of sp³-hybridized carbons (Fsp3) is 0.115. The first-order valence-electron chi connectivity index (χ1n) is 11.2. The van der Waals surface area contributed by atoms with Crippen LogP contribution in [-0.4, -0.2) is 43.5 Å². The van der Waals surface area contributed by atoms with Crippen LogP contribution in [0.25, 0.3) is 6.08 Å². The van der Waals surface area contributed by atoms with Crippen molar-refractivity contribution >= 4 is 62.3 Å². The van der Waals surface area contributed by atoms with Gasteiger partial charge in [0.2, 0.25) is 5.91 Å². The second-order valence-corrected chi connectivity index (χ2v) is 10.9. The smallest absolute Gasteiger partial charge is 0.339 e. The largest absolute Gasteiger partial charge is 0.492 e. The minimum Gasteiger partial charge on any atom is -0.492 e. The highest BCUT2D eigenvalue weighted by Gasteiger charge is 2.34. The van der Waals surface area contributed by atoms with Gasteiger partial charge in [-0.05, 0) is 84.1 Å². The fourth-order valence-corrected chi connectivity index (χ4v) is 5.28. The fourth-order valence-electron chi connectivity index (χ4n) is 3.37. The number of amides is 3. The first kappa shape index (κ1) is 27.2. The monoisotopic (exact) mass is 572 g/mol. The highest BCUT2D eigenvalue weighted by molar-refractivity contribution is 8.18. The Labute approximate surface area is 228 Å². The summed E-state index contributed by atoms with van der Waals surface area (Å²) in [5, 5.41) is 2.69. The summed E-state index contributed by atoms with van der Waals surface area (Å²) in [6.45, 7) is 1.52. The van der Waals surface area contributed by atoms with Gasteiger partial charge in [0.05, 0.1) is 11.4 Å². The number of rotatable bonds is 9. The number of nitrogens with zero attached hydrogens (tertiary/aromatic N) is 1. The van der Waals surface area contributed by atoms with Crippen LogP contribution >= 0.6 is 23.4 Å². The van der Waals surface area contributed by atoms with E-state index in [0.29, 0.717) is 22.0 Å². The van der Waals surface area contributed by atoms with Gasteiger partial charge in [0.1, 0.15) is 23.0 Å². The van der Waals surface area contributed by atoms with E-state index in [-0.39, 0.29) is 34.6 Å². The van der Waals surface area contributed by atoms with Crippen molar-refractivity contribution in [2.75, 3.05) is 18.5 Å². The summed E-state index contributed by atoms with van der Waals surface area (Å²) in [5.41, 5.74) is 0.922. The molecule has 0 saturated carbocycles. The quantitative estimate of drug-likeness (QED) is 0.275. The molecule has 1 aliphatic heterocycles. The number of hydrogen-bond acceptors (Lipinski definition) is 8. The Bertz CT molecular complexity index is 1510. The van der Waals surface area contributed by atoms with Crippen LogP contribution in [0.15, 0.2) is 82.6 Å². The summed E-state index contributed by atoms with van der Waals surface area (Å²) in [4.78, 5) is 37.5. The van der Waals surface area contributed by atoms with Crippen LogP contribution in [-0.2, 0) is 19.7 Å². The molecule has 0 aliphatic carbocycles. The zero-order valence-corrected chi connectivity index (χ0v) is 22.3. The molecule has 196 valence electrons. The van der Waals surface area contributed by atoms with Gasteiger partial charge in [-0.25, -0.2) is 0 Å². The zero-order chi connectivity index (χ0) is 27.3. The van der Waals surface area contributed by atoms with Gasteiger partial charge < -0.3 is 14.2 Å². The molecule has 0 radical (unpaired) electrons. The predicted octanol–water partition coefficient (Wildman–Crippen LogP) is 5.18. The molecule has 1 aliphatic rings. The molecule has 1 fully saturated rings. The maximum atomic E-state index is 12.8. The van der Waals surface area contributed by atoms with Crippen molar-refractivity contribution in [2.45, 2.75) is 11.8 Å². The molecule has 1 N–H and O–H groups in total. The van der Waals surface area contributed by atoms with Gasteiger partial charge in [0.25, 0.3) is 11.1 Å². The van der Waals surface area contributed by atoms with Crippen molar-refractivity contribution in [3.8, 4) is 11.5 Å². The zero-order valence-electron chi connectivity index (χ0n) is 19.9. The lowest BCUT2D eigenvalue weighted by Gasteiger charge is -2.13. The molecule has 38 heavy (non-hydrogen) atoms. The van der Waals surface area contributed by atoms with Crippen LogP contribution in [0.2, 0.25) is 5.02 Å². The molecule has 1 saturated heterocycles. The van der Waals surface area contributed by atoms with Crippen molar-refractivity contribution < 1.29 is 31.7 Å². The van der Waals surface area contributed by atoms with Gasteiger partial charge in [0, 0.05) is 17.6 Å². The van der Waals surface area contributed by atoms with E-state index in [1.807, 2.05) is 0 Å². The molecule has 3 aromatic carbocycles. The lowest BCUT2D eigenvalue weighted by molar-refractivity contribution is -0.123. The van der Waals surface area contributed by atoms with Crippen LogP contribution in [0.4, 0.5) is 10.5 Å². The second-order valence-electron chi connectivity index (χ2n) is 7.95. The second kappa shape index (κ2) is 11.7. The van der Waals surface area contributed by atoms with Gasteiger partial charge >= 0.3 is 10.1 Å². The molecule has 0 spiro atoms. The number of anilines is 1. The summed E-state index contributed by atoms with van der Waals surface area (Å²) in [7, 11) is -4.16. The molecule has 1 heterocycles. The van der Waals surface area contributed by atoms with E-state index in [1.165, 1.54) is 49.4 Å². The molecule has 4 rings (SSSR count). The van der Waals surface area contributed by atoms with Gasteiger partial charge in [-0.1, -0.05) is 23.7 Å². The van der Waals surface area contributed by atoms with Gasteiger partial charge in [0.15, 0.2) is 0 Å². The normalized spacial score (nSPS) is 14.6. The summed E-state index contributed by atoms with van der Waals surface area (Å²) >= 11 is 6.63. The minimum atomic E-state index is -4.16. The summed E-state index contributed by atoms with van der Waals surface area (Å²) in [5.74, 6) is -0.164. The summed E-state index contributed by atoms with van der Waals surface area (Å²) < 4.78 is 36.2. The van der Waals surface area contributed by atoms with Crippen molar-refractivity contribution in [3.05, 3.63) is 88.3 Å². The number of thioether (sulfide) groups is 1. The average Bonchev–Trinajstić information content (AvgIpc) is 3.12. The molecular weight excluding hydrogens is 552 g/mol. The number of carbonyl (C=O) groups excluding carboxylic acids is 3. The van der Waals surface area contributed by atoms with Crippen LogP contribution in [0.5, 0.6) is 11.5 Å². The van der Waals surface area contributed by atoms with E-state index in [9.17, 15) is 22.8 Å². The van der Waals surface area contributed by atoms with Crippen LogP contribution in [0.1, 0.15) is 12.5 Å². The molecule has 3 aromatic rings. The highest BCUT2D eigenvalue weighted by Crippen LogP contribution is 2.33. The van der Waals surface area contributed by atoms with Gasteiger partial charge in [-0.2, -0.15) is 8.42 Å². The third-order valence-corrected chi connectivity index (χ3v) is 7.52. The standard InChI is InChI=1S/C26H21ClN2O7S2/c1-17(30)28-20-7-11-23(12-8-20)38(33,34)36-22-4-2-3-18(15-22)16-24-25(31)29(26(32)37-24)13-14-35-21-9-5-19(27)6-10-21/h2-12,15-16H,13-14H2,1H3,(H,28,30)/b24-16-. The maximum Gasteiger partial charge on any atom is 0.339 e. The third kappa shape index (κ3) is 6.94. The number of carbonyl (C=O) groups is 3. The lowest BCUT2D eigenvalue weighted by atomic mass is 10.2. The van der Waals surface area contributed by atoms with Crippen LogP contribution in [0.3, 0.4) is 0 Å². The molecular formula is C26H21ClN2O7S2.